The van der Waals surface area contributed by atoms with Crippen LogP contribution in [0.1, 0.15) is 56.9 Å². The van der Waals surface area contributed by atoms with E-state index in [1.165, 1.54) is 18.2 Å². The van der Waals surface area contributed by atoms with E-state index in [4.69, 9.17) is 0 Å². The van der Waals surface area contributed by atoms with Gasteiger partial charge in [-0.05, 0) is 49.3 Å². The second kappa shape index (κ2) is 11.1. The zero-order valence-corrected chi connectivity index (χ0v) is 20.8. The fourth-order valence-electron chi connectivity index (χ4n) is 4.28. The second-order valence-corrected chi connectivity index (χ2v) is 10.3. The van der Waals surface area contributed by atoms with Gasteiger partial charge in [0.15, 0.2) is 0 Å². The number of fused-ring (bicyclic) bond motifs is 1. The fraction of sp³-hybridized carbons (Fsp3) is 0.520. The molecule has 9 nitrogen and oxygen atoms in total. The van der Waals surface area contributed by atoms with Crippen LogP contribution in [-0.2, 0) is 9.59 Å². The number of piperidine rings is 1. The van der Waals surface area contributed by atoms with Crippen molar-refractivity contribution in [3.05, 3.63) is 30.0 Å². The zero-order valence-electron chi connectivity index (χ0n) is 20.8. The van der Waals surface area contributed by atoms with Crippen molar-refractivity contribution in [2.45, 2.75) is 64.9 Å². The molecule has 3 amide bonds. The molecule has 1 aromatic heterocycles. The predicted molar refractivity (Wildman–Crippen MR) is 128 cm³/mol. The first-order valence-electron chi connectivity index (χ1n) is 11.9. The highest BCUT2D eigenvalue weighted by Crippen LogP contribution is 2.31. The molecule has 0 unspecified atom stereocenters. The smallest absolute Gasteiger partial charge is 0.405 e. The van der Waals surface area contributed by atoms with Crippen LogP contribution in [0.3, 0.4) is 0 Å². The number of ether oxygens (including phenoxy) is 1. The van der Waals surface area contributed by atoms with Gasteiger partial charge < -0.3 is 25.7 Å². The van der Waals surface area contributed by atoms with Crippen molar-refractivity contribution >= 4 is 28.6 Å². The van der Waals surface area contributed by atoms with Gasteiger partial charge >= 0.3 is 6.36 Å². The number of carbonyl (C=O) groups excluding carboxylic acids is 3. The van der Waals surface area contributed by atoms with Gasteiger partial charge in [0.2, 0.25) is 11.8 Å². The Morgan fingerprint density at radius 2 is 1.97 bits per heavy atom. The molecular formula is C25H30F3N5O4. The summed E-state index contributed by atoms with van der Waals surface area (Å²) in [5.74, 6) is -2.32. The molecule has 37 heavy (non-hydrogen) atoms. The molecule has 3 rings (SSSR count). The van der Waals surface area contributed by atoms with Crippen LogP contribution in [0.5, 0.6) is 5.75 Å². The first-order valence-corrected chi connectivity index (χ1v) is 11.9. The number of hydrogen-bond acceptors (Lipinski definition) is 5. The number of aromatic nitrogens is 1. The number of benzene rings is 1. The Morgan fingerprint density at radius 1 is 1.24 bits per heavy atom. The minimum Gasteiger partial charge on any atom is -0.405 e. The number of rotatable bonds is 8. The minimum atomic E-state index is -4.90. The van der Waals surface area contributed by atoms with Gasteiger partial charge in [0.1, 0.15) is 23.5 Å². The summed E-state index contributed by atoms with van der Waals surface area (Å²) in [4.78, 5) is 41.0. The maximum absolute atomic E-state index is 13.1. The molecule has 0 bridgehead atoms. The normalized spacial score (nSPS) is 17.9. The third kappa shape index (κ3) is 7.87. The van der Waals surface area contributed by atoms with E-state index in [1.807, 2.05) is 26.8 Å². The molecule has 1 aromatic carbocycles. The largest absolute Gasteiger partial charge is 0.573 e. The number of nitrogens with zero attached hydrogens (tertiary/aromatic N) is 1. The van der Waals surface area contributed by atoms with Crippen molar-refractivity contribution in [1.29, 1.82) is 5.26 Å². The molecule has 2 aromatic rings. The summed E-state index contributed by atoms with van der Waals surface area (Å²) in [5, 5.41) is 17.6. The summed E-state index contributed by atoms with van der Waals surface area (Å²) >= 11 is 0. The van der Waals surface area contributed by atoms with Crippen LogP contribution in [0, 0.1) is 22.7 Å². The van der Waals surface area contributed by atoms with Gasteiger partial charge in [-0.1, -0.05) is 26.8 Å². The lowest BCUT2D eigenvalue weighted by Gasteiger charge is -2.28. The van der Waals surface area contributed by atoms with Gasteiger partial charge in [0, 0.05) is 23.4 Å². The van der Waals surface area contributed by atoms with Crippen molar-refractivity contribution in [2.24, 2.45) is 11.3 Å². The molecule has 1 aliphatic rings. The van der Waals surface area contributed by atoms with E-state index < -0.39 is 47.3 Å². The lowest BCUT2D eigenvalue weighted by molar-refractivity contribution is -0.274. The van der Waals surface area contributed by atoms with Crippen LogP contribution in [0.15, 0.2) is 24.3 Å². The van der Waals surface area contributed by atoms with Crippen LogP contribution in [-0.4, -0.2) is 47.7 Å². The number of alkyl halides is 3. The van der Waals surface area contributed by atoms with Gasteiger partial charge in [0.25, 0.3) is 5.91 Å². The summed E-state index contributed by atoms with van der Waals surface area (Å²) in [6.07, 6.45) is -3.14. The third-order valence-electron chi connectivity index (χ3n) is 5.92. The maximum atomic E-state index is 13.1. The molecule has 2 heterocycles. The highest BCUT2D eigenvalue weighted by molar-refractivity contribution is 6.01. The molecule has 12 heteroatoms. The number of nitriles is 1. The van der Waals surface area contributed by atoms with Gasteiger partial charge in [-0.3, -0.25) is 14.4 Å². The minimum absolute atomic E-state index is 0.0529. The fourth-order valence-corrected chi connectivity index (χ4v) is 4.28. The molecule has 0 aliphatic carbocycles. The number of nitrogens with one attached hydrogen (secondary N) is 4. The van der Waals surface area contributed by atoms with Crippen LogP contribution in [0.2, 0.25) is 0 Å². The Kier molecular flexibility index (Phi) is 8.35. The number of H-pyrrole nitrogens is 1. The Balaban J connectivity index is 1.76. The highest BCUT2D eigenvalue weighted by atomic mass is 19.4. The lowest BCUT2D eigenvalue weighted by atomic mass is 9.87. The van der Waals surface area contributed by atoms with E-state index in [-0.39, 0.29) is 35.3 Å². The van der Waals surface area contributed by atoms with Crippen molar-refractivity contribution in [3.8, 4) is 11.8 Å². The van der Waals surface area contributed by atoms with Crippen LogP contribution < -0.4 is 20.7 Å². The Hall–Kier alpha value is -3.75. The van der Waals surface area contributed by atoms with E-state index in [1.54, 1.807) is 0 Å². The third-order valence-corrected chi connectivity index (χ3v) is 5.92. The molecule has 1 fully saturated rings. The topological polar surface area (TPSA) is 136 Å². The Morgan fingerprint density at radius 3 is 2.59 bits per heavy atom. The van der Waals surface area contributed by atoms with Gasteiger partial charge in [-0.25, -0.2) is 0 Å². The molecule has 1 saturated heterocycles. The molecule has 4 N–H and O–H groups in total. The van der Waals surface area contributed by atoms with Crippen molar-refractivity contribution < 1.29 is 32.3 Å². The first-order chi connectivity index (χ1) is 17.3. The summed E-state index contributed by atoms with van der Waals surface area (Å²) in [6.45, 7) is 6.20. The summed E-state index contributed by atoms with van der Waals surface area (Å²) in [6, 6.07) is 5.24. The average molecular weight is 522 g/mol. The summed E-state index contributed by atoms with van der Waals surface area (Å²) in [7, 11) is 0. The number of hydrogen-bond donors (Lipinski definition) is 4. The predicted octanol–water partition coefficient (Wildman–Crippen LogP) is 3.53. The van der Waals surface area contributed by atoms with E-state index >= 15 is 0 Å². The first kappa shape index (κ1) is 27.8. The van der Waals surface area contributed by atoms with Gasteiger partial charge in [-0.15, -0.1) is 13.2 Å². The Labute approximate surface area is 212 Å². The van der Waals surface area contributed by atoms with Crippen LogP contribution in [0.4, 0.5) is 13.2 Å². The molecule has 1 aliphatic heterocycles. The Bertz CT molecular complexity index is 1200. The zero-order chi connectivity index (χ0) is 27.4. The molecule has 3 atom stereocenters. The van der Waals surface area contributed by atoms with Crippen molar-refractivity contribution in [1.82, 2.24) is 20.9 Å². The molecule has 200 valence electrons. The summed E-state index contributed by atoms with van der Waals surface area (Å²) < 4.78 is 42.3. The molecular weight excluding hydrogens is 491 g/mol. The second-order valence-electron chi connectivity index (χ2n) is 10.3. The van der Waals surface area contributed by atoms with Crippen molar-refractivity contribution in [2.75, 3.05) is 6.54 Å². The van der Waals surface area contributed by atoms with Gasteiger partial charge in [-0.2, -0.15) is 5.26 Å². The van der Waals surface area contributed by atoms with E-state index in [9.17, 15) is 32.8 Å². The number of amides is 3. The number of aromatic amines is 1. The van der Waals surface area contributed by atoms with Gasteiger partial charge in [0.05, 0.1) is 6.07 Å². The molecule has 0 spiro atoms. The molecule has 0 radical (unpaired) electrons. The standard InChI is InChI=1S/C25H30F3N5O4/c1-24(2,3)12-19(23(36)31-15(13-29)10-14-6-5-9-30-21(14)34)33-22(35)18-11-16-17(32-18)7-4-8-20(16)37-25(26,27)28/h4,7-8,11,14-15,19,32H,5-6,9-10,12H2,1-3H3,(H,30,34)(H,31,36)(H,33,35)/t14-,15-,19-/m0/s1. The quantitative estimate of drug-likeness (QED) is 0.421. The van der Waals surface area contributed by atoms with E-state index in [0.717, 1.165) is 12.5 Å². The number of halogens is 3. The highest BCUT2D eigenvalue weighted by Gasteiger charge is 2.33. The molecule has 0 saturated carbocycles. The SMILES string of the molecule is CC(C)(C)C[C@H](NC(=O)c1cc2c(OC(F)(F)F)cccc2[nH]1)C(=O)N[C@H](C#N)C[C@@H]1CCCNC1=O. The van der Waals surface area contributed by atoms with E-state index in [0.29, 0.717) is 13.0 Å². The van der Waals surface area contributed by atoms with Crippen molar-refractivity contribution in [3.63, 3.8) is 0 Å². The van der Waals surface area contributed by atoms with Crippen LogP contribution in [0.25, 0.3) is 10.9 Å². The monoisotopic (exact) mass is 521 g/mol. The average Bonchev–Trinajstić information content (AvgIpc) is 3.23. The number of carbonyl (C=O) groups is 3. The maximum Gasteiger partial charge on any atom is 0.573 e. The van der Waals surface area contributed by atoms with E-state index in [2.05, 4.69) is 25.7 Å². The summed E-state index contributed by atoms with van der Waals surface area (Å²) in [5.41, 5.74) is -0.204. The lowest BCUT2D eigenvalue weighted by Crippen LogP contribution is -2.51. The van der Waals surface area contributed by atoms with Crippen LogP contribution >= 0.6 is 0 Å².